The number of benzene rings is 3. The molecule has 1 amide bonds. The highest BCUT2D eigenvalue weighted by Crippen LogP contribution is 2.26. The Morgan fingerprint density at radius 1 is 0.921 bits per heavy atom. The fourth-order valence-corrected chi connectivity index (χ4v) is 4.34. The van der Waals surface area contributed by atoms with Crippen LogP contribution in [-0.2, 0) is 12.0 Å². The van der Waals surface area contributed by atoms with Crippen LogP contribution in [0.1, 0.15) is 37.6 Å². The van der Waals surface area contributed by atoms with Crippen molar-refractivity contribution in [2.75, 3.05) is 5.32 Å². The van der Waals surface area contributed by atoms with Gasteiger partial charge < -0.3 is 4.74 Å². The molecule has 0 fully saturated rings. The largest absolute Gasteiger partial charge is 0.417 e. The molecule has 5 aromatic rings. The maximum Gasteiger partial charge on any atom is 0.417 e. The standard InChI is InChI=1S/C31H30N4O3/c1-21-13-18-27-28(32-21)34(35(29(27)36)25-10-6-5-7-11-25)20-22-14-16-24(17-15-22)33-30(37)38-26-12-8-9-23(19-26)31(2,3)4/h5-19H,20H2,1-4H3,(H,33,37). The normalized spacial score (nSPS) is 11.5. The van der Waals surface area contributed by atoms with Crippen LogP contribution in [0.25, 0.3) is 16.7 Å². The minimum absolute atomic E-state index is 0.0452. The molecule has 0 spiro atoms. The van der Waals surface area contributed by atoms with E-state index >= 15 is 0 Å². The number of anilines is 1. The number of ether oxygens (including phenoxy) is 1. The molecule has 5 rings (SSSR count). The summed E-state index contributed by atoms with van der Waals surface area (Å²) in [4.78, 5) is 30.5. The Labute approximate surface area is 221 Å². The number of hydrogen-bond donors (Lipinski definition) is 1. The Hall–Kier alpha value is -4.65. The van der Waals surface area contributed by atoms with Crippen LogP contribution in [0.15, 0.2) is 95.8 Å². The number of rotatable bonds is 5. The summed E-state index contributed by atoms with van der Waals surface area (Å²) in [6.45, 7) is 8.67. The van der Waals surface area contributed by atoms with Crippen molar-refractivity contribution < 1.29 is 9.53 Å². The summed E-state index contributed by atoms with van der Waals surface area (Å²) < 4.78 is 9.05. The molecule has 0 unspecified atom stereocenters. The number of nitrogens with zero attached hydrogens (tertiary/aromatic N) is 3. The number of amides is 1. The van der Waals surface area contributed by atoms with Crippen molar-refractivity contribution in [3.63, 3.8) is 0 Å². The molecule has 0 radical (unpaired) electrons. The molecule has 38 heavy (non-hydrogen) atoms. The number of fused-ring (bicyclic) bond motifs is 1. The van der Waals surface area contributed by atoms with E-state index < -0.39 is 6.09 Å². The van der Waals surface area contributed by atoms with Crippen molar-refractivity contribution in [1.29, 1.82) is 0 Å². The van der Waals surface area contributed by atoms with Crippen molar-refractivity contribution in [3.8, 4) is 11.4 Å². The number of nitrogens with one attached hydrogen (secondary N) is 1. The lowest BCUT2D eigenvalue weighted by Crippen LogP contribution is -2.21. The predicted octanol–water partition coefficient (Wildman–Crippen LogP) is 6.45. The van der Waals surface area contributed by atoms with Gasteiger partial charge in [0.25, 0.3) is 5.56 Å². The molecule has 0 aliphatic rings. The molecule has 0 bridgehead atoms. The van der Waals surface area contributed by atoms with Gasteiger partial charge >= 0.3 is 6.09 Å². The maximum absolute atomic E-state index is 13.3. The van der Waals surface area contributed by atoms with Crippen LogP contribution in [0.4, 0.5) is 10.5 Å². The van der Waals surface area contributed by atoms with E-state index in [2.05, 4.69) is 31.1 Å². The van der Waals surface area contributed by atoms with Gasteiger partial charge in [0.1, 0.15) is 5.75 Å². The Bertz CT molecular complexity index is 1660. The molecule has 192 valence electrons. The lowest BCUT2D eigenvalue weighted by molar-refractivity contribution is 0.215. The molecule has 0 aliphatic carbocycles. The average Bonchev–Trinajstić information content (AvgIpc) is 3.15. The van der Waals surface area contributed by atoms with Crippen molar-refractivity contribution >= 4 is 22.8 Å². The van der Waals surface area contributed by atoms with E-state index in [-0.39, 0.29) is 11.0 Å². The van der Waals surface area contributed by atoms with E-state index in [0.717, 1.165) is 22.5 Å². The third kappa shape index (κ3) is 5.22. The van der Waals surface area contributed by atoms with E-state index in [1.54, 1.807) is 10.7 Å². The Kier molecular flexibility index (Phi) is 6.59. The number of carbonyl (C=O) groups excluding carboxylic acids is 1. The third-order valence-corrected chi connectivity index (χ3v) is 6.37. The SMILES string of the molecule is Cc1ccc2c(=O)n(-c3ccccc3)n(Cc3ccc(NC(=O)Oc4cccc(C(C)(C)C)c4)cc3)c2n1. The zero-order valence-corrected chi connectivity index (χ0v) is 21.9. The summed E-state index contributed by atoms with van der Waals surface area (Å²) in [6, 6.07) is 28.2. The van der Waals surface area contributed by atoms with Crippen LogP contribution in [0.5, 0.6) is 5.75 Å². The molecule has 0 atom stereocenters. The zero-order valence-electron chi connectivity index (χ0n) is 21.9. The van der Waals surface area contributed by atoms with E-state index in [0.29, 0.717) is 29.0 Å². The van der Waals surface area contributed by atoms with Crippen molar-refractivity contribution in [3.05, 3.63) is 118 Å². The van der Waals surface area contributed by atoms with Crippen LogP contribution >= 0.6 is 0 Å². The highest BCUT2D eigenvalue weighted by molar-refractivity contribution is 5.86. The highest BCUT2D eigenvalue weighted by Gasteiger charge is 2.17. The quantitative estimate of drug-likeness (QED) is 0.297. The smallest absolute Gasteiger partial charge is 0.410 e. The molecule has 2 heterocycles. The first kappa shape index (κ1) is 25.0. The minimum atomic E-state index is -0.558. The van der Waals surface area contributed by atoms with Gasteiger partial charge in [-0.3, -0.25) is 14.8 Å². The Morgan fingerprint density at radius 2 is 1.66 bits per heavy atom. The van der Waals surface area contributed by atoms with Gasteiger partial charge in [0.2, 0.25) is 0 Å². The summed E-state index contributed by atoms with van der Waals surface area (Å²) in [6.07, 6.45) is -0.558. The minimum Gasteiger partial charge on any atom is -0.410 e. The first-order chi connectivity index (χ1) is 18.2. The lowest BCUT2D eigenvalue weighted by Gasteiger charge is -2.19. The van der Waals surface area contributed by atoms with Gasteiger partial charge in [-0.05, 0) is 72.0 Å². The third-order valence-electron chi connectivity index (χ3n) is 6.37. The molecule has 0 saturated carbocycles. The number of pyridine rings is 1. The predicted molar refractivity (Wildman–Crippen MR) is 150 cm³/mol. The fraction of sp³-hybridized carbons (Fsp3) is 0.194. The van der Waals surface area contributed by atoms with Crippen LogP contribution in [0.3, 0.4) is 0 Å². The summed E-state index contributed by atoms with van der Waals surface area (Å²) in [7, 11) is 0. The number of carbonyl (C=O) groups is 1. The molecule has 3 aromatic carbocycles. The van der Waals surface area contributed by atoms with Crippen LogP contribution in [0.2, 0.25) is 0 Å². The summed E-state index contributed by atoms with van der Waals surface area (Å²) >= 11 is 0. The topological polar surface area (TPSA) is 78.2 Å². The maximum atomic E-state index is 13.3. The molecule has 1 N–H and O–H groups in total. The van der Waals surface area contributed by atoms with Gasteiger partial charge in [-0.2, -0.15) is 0 Å². The average molecular weight is 507 g/mol. The van der Waals surface area contributed by atoms with Crippen molar-refractivity contribution in [2.45, 2.75) is 39.7 Å². The van der Waals surface area contributed by atoms with Gasteiger partial charge in [-0.25, -0.2) is 14.5 Å². The van der Waals surface area contributed by atoms with Gasteiger partial charge in [-0.1, -0.05) is 63.2 Å². The number of hydrogen-bond acceptors (Lipinski definition) is 4. The Balaban J connectivity index is 1.37. The summed E-state index contributed by atoms with van der Waals surface area (Å²) in [5.74, 6) is 0.493. The first-order valence-corrected chi connectivity index (χ1v) is 12.5. The summed E-state index contributed by atoms with van der Waals surface area (Å²) in [5.41, 5.74) is 4.72. The molecule has 0 aliphatic heterocycles. The number of aromatic nitrogens is 3. The van der Waals surface area contributed by atoms with E-state index in [1.165, 1.54) is 0 Å². The first-order valence-electron chi connectivity index (χ1n) is 12.5. The molecule has 0 saturated heterocycles. The van der Waals surface area contributed by atoms with Gasteiger partial charge in [0, 0.05) is 11.4 Å². The van der Waals surface area contributed by atoms with Crippen LogP contribution in [0, 0.1) is 6.92 Å². The monoisotopic (exact) mass is 506 g/mol. The van der Waals surface area contributed by atoms with Gasteiger partial charge in [0.15, 0.2) is 5.65 Å². The van der Waals surface area contributed by atoms with E-state index in [9.17, 15) is 9.59 Å². The van der Waals surface area contributed by atoms with Crippen molar-refractivity contribution in [1.82, 2.24) is 14.3 Å². The molecule has 2 aromatic heterocycles. The molecule has 7 nitrogen and oxygen atoms in total. The van der Waals surface area contributed by atoms with Crippen LogP contribution < -0.4 is 15.6 Å². The number of aryl methyl sites for hydroxylation is 1. The second kappa shape index (κ2) is 10.0. The van der Waals surface area contributed by atoms with Crippen molar-refractivity contribution in [2.24, 2.45) is 0 Å². The highest BCUT2D eigenvalue weighted by atomic mass is 16.6. The second-order valence-corrected chi connectivity index (χ2v) is 10.3. The van der Waals surface area contributed by atoms with E-state index in [4.69, 9.17) is 4.74 Å². The molecular weight excluding hydrogens is 476 g/mol. The molecular formula is C31H30N4O3. The fourth-order valence-electron chi connectivity index (χ4n) is 4.34. The second-order valence-electron chi connectivity index (χ2n) is 10.3. The summed E-state index contributed by atoms with van der Waals surface area (Å²) in [5, 5.41) is 3.35. The van der Waals surface area contributed by atoms with Gasteiger partial charge in [-0.15, -0.1) is 0 Å². The van der Waals surface area contributed by atoms with Crippen LogP contribution in [-0.4, -0.2) is 20.4 Å². The zero-order chi connectivity index (χ0) is 26.9. The van der Waals surface area contributed by atoms with Gasteiger partial charge in [0.05, 0.1) is 17.6 Å². The molecule has 7 heteroatoms. The van der Waals surface area contributed by atoms with E-state index in [1.807, 2.05) is 96.5 Å². The number of para-hydroxylation sites is 1. The lowest BCUT2D eigenvalue weighted by atomic mass is 9.87. The Morgan fingerprint density at radius 3 is 2.37 bits per heavy atom.